The molecule has 50 valence electrons. The molecule has 0 rings (SSSR count). The van der Waals surface area contributed by atoms with Gasteiger partial charge >= 0.3 is 0 Å². The Morgan fingerprint density at radius 3 is 1.25 bits per heavy atom. The first kappa shape index (κ1) is 8.42. The maximum absolute atomic E-state index is 10.7. The van der Waals surface area contributed by atoms with Crippen LogP contribution in [0.15, 0.2) is 0 Å². The second-order valence-electron chi connectivity index (χ2n) is 2.13. The summed E-state index contributed by atoms with van der Waals surface area (Å²) in [5.41, 5.74) is 0. The monoisotopic (exact) mass is 156 g/mol. The van der Waals surface area contributed by atoms with Crippen molar-refractivity contribution in [3.63, 3.8) is 0 Å². The predicted molar refractivity (Wildman–Crippen MR) is 35.2 cm³/mol. The highest BCUT2D eigenvalue weighted by molar-refractivity contribution is 8.32. The Bertz CT molecular complexity index is 141. The minimum Gasteiger partial charge on any atom is -0.340 e. The lowest BCUT2D eigenvalue weighted by Gasteiger charge is -2.08. The molecular weight excluding hydrogens is 146 g/mol. The normalized spacial score (nSPS) is 20.0. The van der Waals surface area contributed by atoms with E-state index in [9.17, 15) is 9.13 Å². The van der Waals surface area contributed by atoms with E-state index < -0.39 is 13.9 Å². The molecule has 3 nitrogen and oxygen atoms in total. The van der Waals surface area contributed by atoms with Crippen LogP contribution in [-0.2, 0) is 9.13 Å². The van der Waals surface area contributed by atoms with Crippen molar-refractivity contribution in [3.05, 3.63) is 0 Å². The molecule has 0 bridgehead atoms. The highest BCUT2D eigenvalue weighted by Crippen LogP contribution is 2.72. The van der Waals surface area contributed by atoms with Gasteiger partial charge in [0.25, 0.3) is 7.06 Å². The third-order valence-corrected chi connectivity index (χ3v) is 8.04. The lowest BCUT2D eigenvalue weighted by molar-refractivity contribution is 0.495. The van der Waals surface area contributed by atoms with Crippen LogP contribution < -0.4 is 0 Å². The molecule has 0 amide bonds. The zero-order valence-corrected chi connectivity index (χ0v) is 6.95. The highest BCUT2D eigenvalue weighted by Gasteiger charge is 2.26. The minimum atomic E-state index is -3.29. The molecule has 1 atom stereocenters. The van der Waals surface area contributed by atoms with Gasteiger partial charge in [-0.15, -0.1) is 0 Å². The van der Waals surface area contributed by atoms with Crippen molar-refractivity contribution in [2.24, 2.45) is 0 Å². The van der Waals surface area contributed by atoms with Gasteiger partial charge in [0, 0.05) is 6.66 Å². The molecule has 1 N–H and O–H groups in total. The summed E-state index contributed by atoms with van der Waals surface area (Å²) in [5, 5.41) is 0. The van der Waals surface area contributed by atoms with Crippen molar-refractivity contribution >= 4 is 13.9 Å². The van der Waals surface area contributed by atoms with Gasteiger partial charge in [-0.25, -0.2) is 0 Å². The summed E-state index contributed by atoms with van der Waals surface area (Å²) < 4.78 is 21.3. The van der Waals surface area contributed by atoms with E-state index in [2.05, 4.69) is 0 Å². The molecule has 0 radical (unpaired) electrons. The molecular formula is C3H10O3P2. The molecule has 0 aliphatic rings. The van der Waals surface area contributed by atoms with Gasteiger partial charge in [0.2, 0.25) is 0 Å². The molecule has 5 heteroatoms. The van der Waals surface area contributed by atoms with Crippen LogP contribution in [0.2, 0.25) is 0 Å². The molecule has 0 aromatic rings. The topological polar surface area (TPSA) is 54.4 Å². The average molecular weight is 156 g/mol. The Labute approximate surface area is 48.8 Å². The van der Waals surface area contributed by atoms with Gasteiger partial charge in [-0.2, -0.15) is 0 Å². The van der Waals surface area contributed by atoms with Crippen molar-refractivity contribution in [2.75, 3.05) is 20.0 Å². The van der Waals surface area contributed by atoms with Gasteiger partial charge in [0.1, 0.15) is 0 Å². The molecule has 0 saturated heterocycles. The van der Waals surface area contributed by atoms with Gasteiger partial charge in [0.05, 0.1) is 0 Å². The maximum Gasteiger partial charge on any atom is 0.252 e. The summed E-state index contributed by atoms with van der Waals surface area (Å²) in [6.45, 7) is 1.01. The summed E-state index contributed by atoms with van der Waals surface area (Å²) in [5.74, 6) is 0. The summed E-state index contributed by atoms with van der Waals surface area (Å²) in [6.07, 6.45) is 0. The van der Waals surface area contributed by atoms with Crippen LogP contribution >= 0.6 is 13.9 Å². The van der Waals surface area contributed by atoms with E-state index in [0.717, 1.165) is 6.66 Å². The van der Waals surface area contributed by atoms with Crippen LogP contribution in [0.4, 0.5) is 0 Å². The van der Waals surface area contributed by atoms with Gasteiger partial charge in [-0.05, 0) is 13.3 Å². The van der Waals surface area contributed by atoms with Crippen molar-refractivity contribution in [2.45, 2.75) is 0 Å². The number of hydrogen-bond donors (Lipinski definition) is 1. The quantitative estimate of drug-likeness (QED) is 0.584. The first-order valence-electron chi connectivity index (χ1n) is 2.11. The molecule has 0 aliphatic heterocycles. The molecule has 0 aliphatic carbocycles. The van der Waals surface area contributed by atoms with Crippen LogP contribution in [0.5, 0.6) is 0 Å². The second kappa shape index (κ2) is 1.98. The summed E-state index contributed by atoms with van der Waals surface area (Å²) >= 11 is 0. The maximum atomic E-state index is 10.7. The third kappa shape index (κ3) is 2.13. The third-order valence-electron chi connectivity index (χ3n) is 0.894. The Kier molecular flexibility index (Phi) is 2.09. The van der Waals surface area contributed by atoms with Gasteiger partial charge in [0.15, 0.2) is 6.83 Å². The van der Waals surface area contributed by atoms with Gasteiger partial charge in [-0.3, -0.25) is 4.57 Å². The van der Waals surface area contributed by atoms with Crippen LogP contribution in [0, 0.1) is 0 Å². The molecule has 0 heterocycles. The zero-order chi connectivity index (χ0) is 7.00. The van der Waals surface area contributed by atoms with Crippen LogP contribution in [0.3, 0.4) is 0 Å². The van der Waals surface area contributed by atoms with E-state index in [4.69, 9.17) is 4.89 Å². The Hall–Kier alpha value is 0.420. The smallest absolute Gasteiger partial charge is 0.252 e. The largest absolute Gasteiger partial charge is 0.340 e. The van der Waals surface area contributed by atoms with E-state index in [-0.39, 0.29) is 0 Å². The van der Waals surface area contributed by atoms with E-state index in [1.54, 1.807) is 0 Å². The van der Waals surface area contributed by atoms with Crippen LogP contribution in [0.1, 0.15) is 0 Å². The SMILES string of the molecule is CP(C)(=O)P(C)(=O)O. The van der Waals surface area contributed by atoms with Crippen LogP contribution in [-0.4, -0.2) is 24.9 Å². The number of rotatable bonds is 1. The van der Waals surface area contributed by atoms with Crippen molar-refractivity contribution < 1.29 is 14.0 Å². The first-order chi connectivity index (χ1) is 3.25. The standard InChI is InChI=1S/C3H10O3P2/c1-7(2,4)8(3,5)6/h1-3H3,(H,5,6). The highest BCUT2D eigenvalue weighted by atomic mass is 32.1. The molecule has 1 unspecified atom stereocenters. The fraction of sp³-hybridized carbons (Fsp3) is 1.00. The van der Waals surface area contributed by atoms with E-state index >= 15 is 0 Å². The molecule has 0 saturated carbocycles. The zero-order valence-electron chi connectivity index (χ0n) is 5.16. The lowest BCUT2D eigenvalue weighted by atomic mass is 11.9. The molecule has 0 aromatic carbocycles. The van der Waals surface area contributed by atoms with E-state index in [1.165, 1.54) is 13.3 Å². The van der Waals surface area contributed by atoms with Crippen molar-refractivity contribution in [1.29, 1.82) is 0 Å². The molecule has 0 spiro atoms. The summed E-state index contributed by atoms with van der Waals surface area (Å²) in [7, 11) is -3.29. The fourth-order valence-electron chi connectivity index (χ4n) is 0. The van der Waals surface area contributed by atoms with Crippen molar-refractivity contribution in [3.8, 4) is 0 Å². The summed E-state index contributed by atoms with van der Waals surface area (Å²) in [4.78, 5) is 8.65. The Balaban J connectivity index is 4.53. The Morgan fingerprint density at radius 2 is 1.25 bits per heavy atom. The van der Waals surface area contributed by atoms with E-state index in [0.29, 0.717) is 0 Å². The molecule has 0 aromatic heterocycles. The predicted octanol–water partition coefficient (Wildman–Crippen LogP) is 1.42. The minimum absolute atomic E-state index is 1.12. The van der Waals surface area contributed by atoms with Gasteiger partial charge in [-0.1, -0.05) is 0 Å². The number of hydrogen-bond acceptors (Lipinski definition) is 2. The molecule has 0 fully saturated rings. The van der Waals surface area contributed by atoms with E-state index in [1.807, 2.05) is 0 Å². The average Bonchev–Trinajstić information content (AvgIpc) is 1.25. The summed E-state index contributed by atoms with van der Waals surface area (Å²) in [6, 6.07) is 0. The second-order valence-corrected chi connectivity index (χ2v) is 11.5. The van der Waals surface area contributed by atoms with Gasteiger partial charge < -0.3 is 9.46 Å². The molecule has 8 heavy (non-hydrogen) atoms. The lowest BCUT2D eigenvalue weighted by Crippen LogP contribution is -1.75. The van der Waals surface area contributed by atoms with Crippen LogP contribution in [0.25, 0.3) is 0 Å². The first-order valence-corrected chi connectivity index (χ1v) is 7.52. The van der Waals surface area contributed by atoms with Crippen molar-refractivity contribution in [1.82, 2.24) is 0 Å². The fourth-order valence-corrected chi connectivity index (χ4v) is 0. The Morgan fingerprint density at radius 1 is 1.12 bits per heavy atom.